The summed E-state index contributed by atoms with van der Waals surface area (Å²) in [7, 11) is 0. The molecule has 27 heavy (non-hydrogen) atoms. The number of amides is 1. The summed E-state index contributed by atoms with van der Waals surface area (Å²) in [4.78, 5) is 25.5. The Labute approximate surface area is 160 Å². The van der Waals surface area contributed by atoms with E-state index in [4.69, 9.17) is 19.3 Å². The fourth-order valence-corrected chi connectivity index (χ4v) is 3.07. The first-order valence-electron chi connectivity index (χ1n) is 9.57. The lowest BCUT2D eigenvalue weighted by molar-refractivity contribution is -0.139. The summed E-state index contributed by atoms with van der Waals surface area (Å²) in [5.74, 6) is -0.429. The van der Waals surface area contributed by atoms with Gasteiger partial charge in [-0.25, -0.2) is 4.79 Å². The van der Waals surface area contributed by atoms with Crippen LogP contribution < -0.4 is 9.47 Å². The molecule has 1 atom stereocenters. The quantitative estimate of drug-likeness (QED) is 0.710. The minimum atomic E-state index is -1.07. The van der Waals surface area contributed by atoms with Gasteiger partial charge in [-0.1, -0.05) is 6.92 Å². The molecule has 2 rings (SSSR count). The van der Waals surface area contributed by atoms with E-state index >= 15 is 0 Å². The van der Waals surface area contributed by atoms with E-state index < -0.39 is 12.6 Å². The van der Waals surface area contributed by atoms with E-state index in [0.717, 1.165) is 32.3 Å². The van der Waals surface area contributed by atoms with Crippen molar-refractivity contribution in [3.63, 3.8) is 0 Å². The third-order valence-electron chi connectivity index (χ3n) is 4.36. The molecule has 1 aliphatic heterocycles. The molecular formula is C20H29NO6. The van der Waals surface area contributed by atoms with E-state index in [1.807, 2.05) is 11.8 Å². The number of nitrogens with zero attached hydrogens (tertiary/aromatic N) is 1. The van der Waals surface area contributed by atoms with Gasteiger partial charge in [0.25, 0.3) is 5.91 Å². The van der Waals surface area contributed by atoms with Gasteiger partial charge in [-0.15, -0.1) is 0 Å². The number of hydrogen-bond acceptors (Lipinski definition) is 5. The summed E-state index contributed by atoms with van der Waals surface area (Å²) in [5, 5.41) is 8.77. The third kappa shape index (κ3) is 6.43. The van der Waals surface area contributed by atoms with Gasteiger partial charge < -0.3 is 24.2 Å². The number of aliphatic carboxylic acids is 1. The van der Waals surface area contributed by atoms with Crippen molar-refractivity contribution in [2.24, 2.45) is 0 Å². The van der Waals surface area contributed by atoms with E-state index in [0.29, 0.717) is 36.8 Å². The first-order valence-corrected chi connectivity index (χ1v) is 9.57. The molecule has 0 radical (unpaired) electrons. The summed E-state index contributed by atoms with van der Waals surface area (Å²) in [6.07, 6.45) is 3.93. The van der Waals surface area contributed by atoms with Crippen molar-refractivity contribution in [1.29, 1.82) is 0 Å². The maximum absolute atomic E-state index is 12.9. The highest BCUT2D eigenvalue weighted by Crippen LogP contribution is 2.29. The molecular weight excluding hydrogens is 350 g/mol. The van der Waals surface area contributed by atoms with Gasteiger partial charge >= 0.3 is 5.97 Å². The number of carbonyl (C=O) groups is 2. The normalized spacial score (nSPS) is 17.3. The largest absolute Gasteiger partial charge is 0.490 e. The van der Waals surface area contributed by atoms with Gasteiger partial charge in [0.15, 0.2) is 18.1 Å². The molecule has 1 aromatic rings. The van der Waals surface area contributed by atoms with E-state index in [1.165, 1.54) is 0 Å². The Balaban J connectivity index is 2.06. The van der Waals surface area contributed by atoms with Crippen LogP contribution in [0.4, 0.5) is 0 Å². The minimum absolute atomic E-state index is 0.0584. The first-order chi connectivity index (χ1) is 13.0. The zero-order valence-corrected chi connectivity index (χ0v) is 16.1. The number of rotatable bonds is 9. The maximum Gasteiger partial charge on any atom is 0.341 e. The number of benzene rings is 1. The van der Waals surface area contributed by atoms with Crippen LogP contribution in [0.15, 0.2) is 18.2 Å². The number of ether oxygens (including phenoxy) is 3. The van der Waals surface area contributed by atoms with Gasteiger partial charge in [0.1, 0.15) is 0 Å². The van der Waals surface area contributed by atoms with Crippen molar-refractivity contribution in [3.05, 3.63) is 23.8 Å². The van der Waals surface area contributed by atoms with Crippen LogP contribution in [0.5, 0.6) is 11.5 Å². The molecule has 1 heterocycles. The summed E-state index contributed by atoms with van der Waals surface area (Å²) in [6, 6.07) is 4.86. The monoisotopic (exact) mass is 379 g/mol. The Bertz CT molecular complexity index is 633. The van der Waals surface area contributed by atoms with Crippen LogP contribution in [0.2, 0.25) is 0 Å². The molecule has 0 aromatic heterocycles. The molecule has 7 nitrogen and oxygen atoms in total. The summed E-state index contributed by atoms with van der Waals surface area (Å²) in [6.45, 7) is 5.96. The molecule has 0 bridgehead atoms. The van der Waals surface area contributed by atoms with Gasteiger partial charge in [-0.05, 0) is 50.8 Å². The highest BCUT2D eigenvalue weighted by molar-refractivity contribution is 5.95. The lowest BCUT2D eigenvalue weighted by Crippen LogP contribution is -2.32. The second kappa shape index (κ2) is 10.8. The number of carboxylic acid groups (broad SMARTS) is 1. The molecule has 0 spiro atoms. The average molecular weight is 379 g/mol. The standard InChI is InChI=1S/C20H29NO6/c1-3-12-26-16-6-5-10-21(11-9-16)20(24)15-7-8-17(27-14-19(22)23)18(13-15)25-4-2/h7-8,13,16H,3-6,9-12,14H2,1-2H3,(H,22,23). The predicted octanol–water partition coefficient (Wildman–Crippen LogP) is 2.97. The van der Waals surface area contributed by atoms with Gasteiger partial charge in [-0.3, -0.25) is 4.79 Å². The number of likely N-dealkylation sites (tertiary alicyclic amines) is 1. The van der Waals surface area contributed by atoms with Crippen LogP contribution >= 0.6 is 0 Å². The van der Waals surface area contributed by atoms with E-state index in [9.17, 15) is 9.59 Å². The van der Waals surface area contributed by atoms with E-state index in [1.54, 1.807) is 18.2 Å². The molecule has 7 heteroatoms. The molecule has 1 saturated heterocycles. The van der Waals surface area contributed by atoms with Gasteiger partial charge in [0.05, 0.1) is 12.7 Å². The summed E-state index contributed by atoms with van der Waals surface area (Å²) >= 11 is 0. The SMILES string of the molecule is CCCOC1CCCN(C(=O)c2ccc(OCC(=O)O)c(OCC)c2)CC1. The maximum atomic E-state index is 12.9. The second-order valence-corrected chi connectivity index (χ2v) is 6.49. The third-order valence-corrected chi connectivity index (χ3v) is 4.36. The van der Waals surface area contributed by atoms with Crippen molar-refractivity contribution in [1.82, 2.24) is 4.90 Å². The van der Waals surface area contributed by atoms with E-state index in [2.05, 4.69) is 6.92 Å². The van der Waals surface area contributed by atoms with Crippen molar-refractivity contribution in [2.75, 3.05) is 32.9 Å². The molecule has 1 aromatic carbocycles. The zero-order chi connectivity index (χ0) is 19.6. The topological polar surface area (TPSA) is 85.3 Å². The van der Waals surface area contributed by atoms with Crippen molar-refractivity contribution >= 4 is 11.9 Å². The summed E-state index contributed by atoms with van der Waals surface area (Å²) < 4.78 is 16.6. The van der Waals surface area contributed by atoms with Gasteiger partial charge in [-0.2, -0.15) is 0 Å². The summed E-state index contributed by atoms with van der Waals surface area (Å²) in [5.41, 5.74) is 0.508. The minimum Gasteiger partial charge on any atom is -0.490 e. The van der Waals surface area contributed by atoms with Crippen molar-refractivity contribution < 1.29 is 28.9 Å². The Morgan fingerprint density at radius 2 is 1.96 bits per heavy atom. The molecule has 0 saturated carbocycles. The van der Waals surface area contributed by atoms with Crippen molar-refractivity contribution in [3.8, 4) is 11.5 Å². The Hall–Kier alpha value is -2.28. The van der Waals surface area contributed by atoms with Crippen molar-refractivity contribution in [2.45, 2.75) is 45.6 Å². The predicted molar refractivity (Wildman–Crippen MR) is 101 cm³/mol. The smallest absolute Gasteiger partial charge is 0.341 e. The van der Waals surface area contributed by atoms with Gasteiger partial charge in [0, 0.05) is 25.3 Å². The van der Waals surface area contributed by atoms with Crippen LogP contribution in [-0.2, 0) is 9.53 Å². The zero-order valence-electron chi connectivity index (χ0n) is 16.1. The fourth-order valence-electron chi connectivity index (χ4n) is 3.07. The number of carboxylic acids is 1. The Morgan fingerprint density at radius 1 is 1.15 bits per heavy atom. The van der Waals surface area contributed by atoms with Crippen LogP contribution in [0.3, 0.4) is 0 Å². The average Bonchev–Trinajstić information content (AvgIpc) is 2.90. The lowest BCUT2D eigenvalue weighted by atomic mass is 10.1. The van der Waals surface area contributed by atoms with Crippen LogP contribution in [0.1, 0.15) is 49.9 Å². The molecule has 1 amide bonds. The van der Waals surface area contributed by atoms with Crippen LogP contribution in [0, 0.1) is 0 Å². The fraction of sp³-hybridized carbons (Fsp3) is 0.600. The van der Waals surface area contributed by atoms with E-state index in [-0.39, 0.29) is 12.0 Å². The molecule has 1 unspecified atom stereocenters. The Morgan fingerprint density at radius 3 is 2.67 bits per heavy atom. The molecule has 0 aliphatic carbocycles. The molecule has 1 N–H and O–H groups in total. The van der Waals surface area contributed by atoms with Crippen LogP contribution in [0.25, 0.3) is 0 Å². The number of carbonyl (C=O) groups excluding carboxylic acids is 1. The second-order valence-electron chi connectivity index (χ2n) is 6.49. The van der Waals surface area contributed by atoms with Crippen LogP contribution in [-0.4, -0.2) is 60.9 Å². The first kappa shape index (κ1) is 21.0. The number of hydrogen-bond donors (Lipinski definition) is 1. The lowest BCUT2D eigenvalue weighted by Gasteiger charge is -2.21. The van der Waals surface area contributed by atoms with Gasteiger partial charge in [0.2, 0.25) is 0 Å². The highest BCUT2D eigenvalue weighted by Gasteiger charge is 2.23. The Kier molecular flexibility index (Phi) is 8.39. The molecule has 1 fully saturated rings. The molecule has 1 aliphatic rings. The highest BCUT2D eigenvalue weighted by atomic mass is 16.5. The molecule has 150 valence electrons.